The van der Waals surface area contributed by atoms with Gasteiger partial charge in [-0.3, -0.25) is 19.2 Å². The number of aromatic amines is 1. The summed E-state index contributed by atoms with van der Waals surface area (Å²) < 4.78 is 0. The van der Waals surface area contributed by atoms with Crippen LogP contribution < -0.4 is 21.7 Å². The van der Waals surface area contributed by atoms with E-state index in [4.69, 9.17) is 5.73 Å². The average molecular weight is 520 g/mol. The summed E-state index contributed by atoms with van der Waals surface area (Å²) in [6, 6.07) is 5.30. The van der Waals surface area contributed by atoms with Gasteiger partial charge in [-0.05, 0) is 49.4 Å². The zero-order chi connectivity index (χ0) is 26.5. The molecule has 1 aromatic heterocycles. The van der Waals surface area contributed by atoms with E-state index in [0.29, 0.717) is 31.6 Å². The number of unbranched alkanes of at least 4 members (excludes halogenated alkanes) is 1. The van der Waals surface area contributed by atoms with Crippen LogP contribution in [-0.2, 0) is 25.6 Å². The van der Waals surface area contributed by atoms with E-state index in [-0.39, 0.29) is 18.7 Å². The molecule has 0 aliphatic carbocycles. The van der Waals surface area contributed by atoms with Crippen LogP contribution in [0.2, 0.25) is 0 Å². The molecule has 2 rings (SSSR count). The molecule has 0 radical (unpaired) electrons. The number of para-hydroxylation sites is 1. The molecule has 0 saturated carbocycles. The van der Waals surface area contributed by atoms with Crippen molar-refractivity contribution in [3.63, 3.8) is 0 Å². The van der Waals surface area contributed by atoms with Crippen molar-refractivity contribution in [3.05, 3.63) is 36.0 Å². The molecule has 0 spiro atoms. The summed E-state index contributed by atoms with van der Waals surface area (Å²) in [6.45, 7) is 1.82. The van der Waals surface area contributed by atoms with Crippen LogP contribution in [-0.4, -0.2) is 70.5 Å². The van der Waals surface area contributed by atoms with Crippen LogP contribution in [0.3, 0.4) is 0 Å². The molecular formula is C25H37N5O5S. The van der Waals surface area contributed by atoms with Gasteiger partial charge < -0.3 is 31.8 Å². The van der Waals surface area contributed by atoms with Gasteiger partial charge in [0.15, 0.2) is 0 Å². The molecule has 11 heteroatoms. The number of aromatic nitrogens is 1. The number of carbonyl (C=O) groups is 4. The third-order valence-electron chi connectivity index (χ3n) is 5.81. The van der Waals surface area contributed by atoms with Crippen LogP contribution in [0.15, 0.2) is 30.5 Å². The number of hydrogen-bond acceptors (Lipinski definition) is 6. The summed E-state index contributed by atoms with van der Waals surface area (Å²) in [4.78, 5) is 52.7. The molecule has 36 heavy (non-hydrogen) atoms. The molecule has 2 aromatic rings. The van der Waals surface area contributed by atoms with Crippen molar-refractivity contribution in [1.82, 2.24) is 20.9 Å². The lowest BCUT2D eigenvalue weighted by molar-refractivity contribution is -0.138. The lowest BCUT2D eigenvalue weighted by atomic mass is 10.0. The third kappa shape index (κ3) is 9.54. The number of carbonyl (C=O) groups excluding carboxylic acids is 3. The number of fused-ring (bicyclic) bond motifs is 1. The van der Waals surface area contributed by atoms with Crippen molar-refractivity contribution in [2.75, 3.05) is 18.6 Å². The minimum absolute atomic E-state index is 0.194. The number of hydrogen-bond donors (Lipinski definition) is 6. The first kappa shape index (κ1) is 29.2. The Morgan fingerprint density at radius 3 is 2.42 bits per heavy atom. The second-order valence-corrected chi connectivity index (χ2v) is 9.73. The number of amides is 3. The molecule has 1 heterocycles. The number of rotatable bonds is 16. The maximum Gasteiger partial charge on any atom is 0.305 e. The van der Waals surface area contributed by atoms with Gasteiger partial charge >= 0.3 is 5.97 Å². The van der Waals surface area contributed by atoms with E-state index in [1.54, 1.807) is 18.0 Å². The van der Waals surface area contributed by atoms with E-state index >= 15 is 0 Å². The van der Waals surface area contributed by atoms with Crippen LogP contribution >= 0.6 is 11.8 Å². The van der Waals surface area contributed by atoms with E-state index in [1.165, 1.54) is 6.92 Å². The zero-order valence-corrected chi connectivity index (χ0v) is 21.7. The van der Waals surface area contributed by atoms with Gasteiger partial charge in [-0.15, -0.1) is 0 Å². The first-order chi connectivity index (χ1) is 17.2. The third-order valence-corrected chi connectivity index (χ3v) is 6.45. The van der Waals surface area contributed by atoms with Gasteiger partial charge in [0.2, 0.25) is 17.7 Å². The maximum atomic E-state index is 13.4. The standard InChI is InChI=1S/C25H37N5O5S/c1-16(31)28-21(10-12-36-2)24(34)30-22(13-17-15-27-20-9-4-3-8-19(17)20)25(35)29-18(14-23(32)33)7-5-6-11-26/h3-4,8-9,15,18,21-22,27H,5-7,10-14,26H2,1-2H3,(H,28,31)(H,29,35)(H,30,34)(H,32,33)/t18-,21-,22-/m0/s1. The summed E-state index contributed by atoms with van der Waals surface area (Å²) in [5.74, 6) is -1.64. The predicted octanol–water partition coefficient (Wildman–Crippen LogP) is 1.54. The van der Waals surface area contributed by atoms with Crippen LogP contribution in [0.25, 0.3) is 10.9 Å². The summed E-state index contributed by atoms with van der Waals surface area (Å²) in [6.07, 6.45) is 5.93. The molecule has 0 unspecified atom stereocenters. The molecule has 0 bridgehead atoms. The Hall–Kier alpha value is -3.05. The number of carboxylic acid groups (broad SMARTS) is 1. The lowest BCUT2D eigenvalue weighted by Gasteiger charge is -2.25. The lowest BCUT2D eigenvalue weighted by Crippen LogP contribution is -2.55. The molecular weight excluding hydrogens is 482 g/mol. The highest BCUT2D eigenvalue weighted by Crippen LogP contribution is 2.19. The van der Waals surface area contributed by atoms with Gasteiger partial charge in [-0.2, -0.15) is 11.8 Å². The number of nitrogens with two attached hydrogens (primary N) is 1. The van der Waals surface area contributed by atoms with Crippen molar-refractivity contribution in [1.29, 1.82) is 0 Å². The highest BCUT2D eigenvalue weighted by Gasteiger charge is 2.28. The van der Waals surface area contributed by atoms with Gasteiger partial charge in [0.25, 0.3) is 0 Å². The molecule has 0 fully saturated rings. The topological polar surface area (TPSA) is 166 Å². The van der Waals surface area contributed by atoms with Gasteiger partial charge in [0.1, 0.15) is 12.1 Å². The van der Waals surface area contributed by atoms with Gasteiger partial charge in [0, 0.05) is 36.5 Å². The Morgan fingerprint density at radius 1 is 1.03 bits per heavy atom. The fraction of sp³-hybridized carbons (Fsp3) is 0.520. The van der Waals surface area contributed by atoms with Gasteiger partial charge in [0.05, 0.1) is 6.42 Å². The predicted molar refractivity (Wildman–Crippen MR) is 142 cm³/mol. The van der Waals surface area contributed by atoms with Crippen molar-refractivity contribution < 1.29 is 24.3 Å². The van der Waals surface area contributed by atoms with E-state index in [1.807, 2.05) is 30.5 Å². The van der Waals surface area contributed by atoms with E-state index in [2.05, 4.69) is 20.9 Å². The van der Waals surface area contributed by atoms with Crippen LogP contribution in [0, 0.1) is 0 Å². The molecule has 10 nitrogen and oxygen atoms in total. The number of benzene rings is 1. The number of aliphatic carboxylic acids is 1. The molecule has 0 aliphatic heterocycles. The van der Waals surface area contributed by atoms with Gasteiger partial charge in [-0.25, -0.2) is 0 Å². The zero-order valence-electron chi connectivity index (χ0n) is 20.8. The number of thioether (sulfide) groups is 1. The number of H-pyrrole nitrogens is 1. The van der Waals surface area contributed by atoms with Crippen molar-refractivity contribution in [2.45, 2.75) is 63.6 Å². The largest absolute Gasteiger partial charge is 0.481 e. The van der Waals surface area contributed by atoms with Crippen molar-refractivity contribution in [2.24, 2.45) is 5.73 Å². The Bertz CT molecular complexity index is 1030. The van der Waals surface area contributed by atoms with Crippen molar-refractivity contribution in [3.8, 4) is 0 Å². The number of carboxylic acids is 1. The smallest absolute Gasteiger partial charge is 0.305 e. The molecule has 3 atom stereocenters. The fourth-order valence-electron chi connectivity index (χ4n) is 4.02. The Kier molecular flexibility index (Phi) is 12.3. The average Bonchev–Trinajstić information content (AvgIpc) is 3.23. The highest BCUT2D eigenvalue weighted by atomic mass is 32.2. The molecule has 198 valence electrons. The maximum absolute atomic E-state index is 13.4. The first-order valence-corrected chi connectivity index (χ1v) is 13.5. The van der Waals surface area contributed by atoms with Crippen LogP contribution in [0.1, 0.15) is 44.6 Å². The van der Waals surface area contributed by atoms with E-state index < -0.39 is 35.9 Å². The molecule has 3 amide bonds. The fourth-order valence-corrected chi connectivity index (χ4v) is 4.50. The second-order valence-electron chi connectivity index (χ2n) is 8.75. The monoisotopic (exact) mass is 519 g/mol. The minimum atomic E-state index is -1.02. The summed E-state index contributed by atoms with van der Waals surface area (Å²) in [7, 11) is 0. The quantitative estimate of drug-likeness (QED) is 0.183. The Labute approximate surface area is 215 Å². The Balaban J connectivity index is 2.26. The van der Waals surface area contributed by atoms with E-state index in [9.17, 15) is 24.3 Å². The van der Waals surface area contributed by atoms with E-state index in [0.717, 1.165) is 22.9 Å². The molecule has 0 saturated heterocycles. The summed E-state index contributed by atoms with van der Waals surface area (Å²) in [5.41, 5.74) is 7.29. The number of nitrogens with one attached hydrogen (secondary N) is 4. The summed E-state index contributed by atoms with van der Waals surface area (Å²) >= 11 is 1.55. The highest BCUT2D eigenvalue weighted by molar-refractivity contribution is 7.98. The minimum Gasteiger partial charge on any atom is -0.481 e. The normalized spacial score (nSPS) is 13.5. The summed E-state index contributed by atoms with van der Waals surface area (Å²) in [5, 5.41) is 18.5. The second kappa shape index (κ2) is 15.1. The molecule has 1 aromatic carbocycles. The molecule has 0 aliphatic rings. The SMILES string of the molecule is CSCC[C@H](NC(C)=O)C(=O)N[C@@H](Cc1c[nH]c2ccccc12)C(=O)N[C@@H](CCCCN)CC(=O)O. The first-order valence-electron chi connectivity index (χ1n) is 12.1. The Morgan fingerprint density at radius 2 is 1.75 bits per heavy atom. The van der Waals surface area contributed by atoms with Crippen LogP contribution in [0.4, 0.5) is 0 Å². The van der Waals surface area contributed by atoms with Gasteiger partial charge in [-0.1, -0.05) is 24.6 Å². The van der Waals surface area contributed by atoms with Crippen molar-refractivity contribution >= 4 is 46.4 Å². The molecule has 7 N–H and O–H groups in total. The van der Waals surface area contributed by atoms with Crippen LogP contribution in [0.5, 0.6) is 0 Å².